The van der Waals surface area contributed by atoms with Crippen LogP contribution in [0, 0.1) is 5.41 Å². The lowest BCUT2D eigenvalue weighted by Gasteiger charge is -2.21. The molecule has 0 spiro atoms. The maximum atomic E-state index is 11.6. The number of nitrogens with one attached hydrogen (secondary N) is 1. The number of aliphatic hydroxyl groups excluding tert-OH is 1. The zero-order valence-electron chi connectivity index (χ0n) is 12.0. The number of benzene rings is 1. The zero-order chi connectivity index (χ0) is 14.7. The number of anilines is 1. The van der Waals surface area contributed by atoms with Crippen molar-refractivity contribution in [2.45, 2.75) is 32.1 Å². The molecule has 0 aliphatic rings. The van der Waals surface area contributed by atoms with E-state index in [-0.39, 0.29) is 12.0 Å². The van der Waals surface area contributed by atoms with E-state index in [0.29, 0.717) is 11.3 Å². The van der Waals surface area contributed by atoms with E-state index in [9.17, 15) is 8.42 Å². The summed E-state index contributed by atoms with van der Waals surface area (Å²) in [6, 6.07) is 4.99. The highest BCUT2D eigenvalue weighted by Gasteiger charge is 2.14. The molecule has 19 heavy (non-hydrogen) atoms. The first-order valence-electron chi connectivity index (χ1n) is 6.31. The molecule has 0 amide bonds. The number of hydrogen-bond acceptors (Lipinski definition) is 4. The molecule has 1 rings (SSSR count). The molecule has 1 aromatic carbocycles. The van der Waals surface area contributed by atoms with E-state index >= 15 is 0 Å². The van der Waals surface area contributed by atoms with Crippen LogP contribution in [0.5, 0.6) is 0 Å². The fraction of sp³-hybridized carbons (Fsp3) is 0.571. The van der Waals surface area contributed by atoms with Crippen LogP contribution < -0.4 is 5.32 Å². The topological polar surface area (TPSA) is 66.4 Å². The quantitative estimate of drug-likeness (QED) is 0.869. The minimum Gasteiger partial charge on any atom is -0.396 e. The van der Waals surface area contributed by atoms with Crippen molar-refractivity contribution in [2.75, 3.05) is 24.7 Å². The van der Waals surface area contributed by atoms with Crippen molar-refractivity contribution < 1.29 is 13.5 Å². The third-order valence-corrected chi connectivity index (χ3v) is 3.81. The minimum atomic E-state index is -3.21. The molecule has 0 bridgehead atoms. The van der Waals surface area contributed by atoms with Crippen molar-refractivity contribution in [1.82, 2.24) is 0 Å². The summed E-state index contributed by atoms with van der Waals surface area (Å²) in [6.07, 6.45) is 1.71. The summed E-state index contributed by atoms with van der Waals surface area (Å²) in [4.78, 5) is 0.297. The Balaban J connectivity index is 3.09. The van der Waals surface area contributed by atoms with Crippen LogP contribution in [0.4, 0.5) is 5.69 Å². The Morgan fingerprint density at radius 3 is 2.37 bits per heavy atom. The molecule has 4 nitrogen and oxygen atoms in total. The van der Waals surface area contributed by atoms with Gasteiger partial charge in [-0.1, -0.05) is 26.8 Å². The summed E-state index contributed by atoms with van der Waals surface area (Å²) >= 11 is 0. The number of aliphatic hydroxyl groups is 1. The van der Waals surface area contributed by atoms with E-state index < -0.39 is 9.84 Å². The van der Waals surface area contributed by atoms with Crippen molar-refractivity contribution in [3.63, 3.8) is 0 Å². The van der Waals surface area contributed by atoms with E-state index in [4.69, 9.17) is 5.11 Å². The Labute approximate surface area is 115 Å². The van der Waals surface area contributed by atoms with Gasteiger partial charge in [0.25, 0.3) is 0 Å². The molecule has 0 fully saturated rings. The lowest BCUT2D eigenvalue weighted by atomic mass is 9.96. The molecular weight excluding hydrogens is 262 g/mol. The number of hydrogen-bond donors (Lipinski definition) is 2. The smallest absolute Gasteiger partial charge is 0.175 e. The average molecular weight is 285 g/mol. The Hall–Kier alpha value is -1.07. The van der Waals surface area contributed by atoms with Crippen molar-refractivity contribution in [2.24, 2.45) is 5.41 Å². The maximum absolute atomic E-state index is 11.6. The molecule has 0 aliphatic carbocycles. The maximum Gasteiger partial charge on any atom is 0.175 e. The molecule has 0 aliphatic heterocycles. The molecule has 0 saturated heterocycles. The molecule has 0 aromatic heterocycles. The van der Waals surface area contributed by atoms with E-state index in [2.05, 4.69) is 26.1 Å². The van der Waals surface area contributed by atoms with Gasteiger partial charge in [0.2, 0.25) is 0 Å². The molecule has 2 N–H and O–H groups in total. The van der Waals surface area contributed by atoms with Gasteiger partial charge < -0.3 is 10.4 Å². The van der Waals surface area contributed by atoms with E-state index in [0.717, 1.165) is 17.8 Å². The summed E-state index contributed by atoms with van der Waals surface area (Å²) in [5.41, 5.74) is 1.81. The van der Waals surface area contributed by atoms with Gasteiger partial charge in [-0.2, -0.15) is 0 Å². The lowest BCUT2D eigenvalue weighted by Crippen LogP contribution is -2.20. The molecule has 0 unspecified atom stereocenters. The van der Waals surface area contributed by atoms with Gasteiger partial charge in [-0.05, 0) is 29.5 Å². The Morgan fingerprint density at radius 1 is 1.26 bits per heavy atom. The van der Waals surface area contributed by atoms with Crippen LogP contribution in [0.1, 0.15) is 26.3 Å². The van der Waals surface area contributed by atoms with Gasteiger partial charge >= 0.3 is 0 Å². The predicted octanol–water partition coefficient (Wildman–Crippen LogP) is 2.08. The molecule has 1 aromatic rings. The van der Waals surface area contributed by atoms with Gasteiger partial charge in [-0.3, -0.25) is 0 Å². The second kappa shape index (κ2) is 5.92. The SMILES string of the molecule is CC(C)(C)CNc1cc(S(C)(=O)=O)ccc1CCO. The summed E-state index contributed by atoms with van der Waals surface area (Å²) in [5, 5.41) is 12.3. The normalized spacial score (nSPS) is 12.5. The van der Waals surface area contributed by atoms with E-state index in [1.807, 2.05) is 0 Å². The fourth-order valence-corrected chi connectivity index (χ4v) is 2.30. The highest BCUT2D eigenvalue weighted by molar-refractivity contribution is 7.90. The molecule has 108 valence electrons. The van der Waals surface area contributed by atoms with Crippen molar-refractivity contribution >= 4 is 15.5 Å². The van der Waals surface area contributed by atoms with Crippen molar-refractivity contribution in [3.8, 4) is 0 Å². The van der Waals surface area contributed by atoms with Crippen molar-refractivity contribution in [1.29, 1.82) is 0 Å². The Morgan fingerprint density at radius 2 is 1.89 bits per heavy atom. The molecule has 0 atom stereocenters. The van der Waals surface area contributed by atoms with Crippen LogP contribution in [0.25, 0.3) is 0 Å². The van der Waals surface area contributed by atoms with Crippen LogP contribution in [-0.2, 0) is 16.3 Å². The van der Waals surface area contributed by atoms with Crippen LogP contribution >= 0.6 is 0 Å². The number of sulfone groups is 1. The summed E-state index contributed by atoms with van der Waals surface area (Å²) < 4.78 is 23.2. The minimum absolute atomic E-state index is 0.0441. The average Bonchev–Trinajstić information content (AvgIpc) is 2.25. The third-order valence-electron chi connectivity index (χ3n) is 2.70. The van der Waals surface area contributed by atoms with Crippen LogP contribution in [0.15, 0.2) is 23.1 Å². The van der Waals surface area contributed by atoms with Gasteiger partial charge in [0.15, 0.2) is 9.84 Å². The fourth-order valence-electron chi connectivity index (χ4n) is 1.65. The second-order valence-electron chi connectivity index (χ2n) is 5.98. The Bertz CT molecular complexity index is 530. The molecule has 0 heterocycles. The first-order valence-corrected chi connectivity index (χ1v) is 8.20. The molecule has 5 heteroatoms. The number of rotatable bonds is 5. The highest BCUT2D eigenvalue weighted by Crippen LogP contribution is 2.23. The highest BCUT2D eigenvalue weighted by atomic mass is 32.2. The van der Waals surface area contributed by atoms with E-state index in [1.165, 1.54) is 6.26 Å². The van der Waals surface area contributed by atoms with E-state index in [1.54, 1.807) is 18.2 Å². The zero-order valence-corrected chi connectivity index (χ0v) is 12.8. The largest absolute Gasteiger partial charge is 0.396 e. The summed E-state index contributed by atoms with van der Waals surface area (Å²) in [6.45, 7) is 7.09. The summed E-state index contributed by atoms with van der Waals surface area (Å²) in [7, 11) is -3.21. The third kappa shape index (κ3) is 5.20. The Kier molecular flexibility index (Phi) is 4.98. The molecule has 0 radical (unpaired) electrons. The standard InChI is InChI=1S/C14H23NO3S/c1-14(2,3)10-15-13-9-12(19(4,17)18)6-5-11(13)7-8-16/h5-6,9,15-16H,7-8,10H2,1-4H3. The molecule has 0 saturated carbocycles. The van der Waals surface area contributed by atoms with Gasteiger partial charge in [0.05, 0.1) is 4.90 Å². The molecular formula is C14H23NO3S. The van der Waals surface area contributed by atoms with Crippen LogP contribution in [0.2, 0.25) is 0 Å². The van der Waals surface area contributed by atoms with Crippen LogP contribution in [0.3, 0.4) is 0 Å². The monoisotopic (exact) mass is 285 g/mol. The lowest BCUT2D eigenvalue weighted by molar-refractivity contribution is 0.299. The summed E-state index contributed by atoms with van der Waals surface area (Å²) in [5.74, 6) is 0. The van der Waals surface area contributed by atoms with Gasteiger partial charge in [0, 0.05) is 25.1 Å². The first kappa shape index (κ1) is 16.0. The van der Waals surface area contributed by atoms with Crippen molar-refractivity contribution in [3.05, 3.63) is 23.8 Å². The first-order chi connectivity index (χ1) is 8.63. The van der Waals surface area contributed by atoms with Crippen LogP contribution in [-0.4, -0.2) is 32.9 Å². The van der Waals surface area contributed by atoms with Gasteiger partial charge in [-0.15, -0.1) is 0 Å². The van der Waals surface area contributed by atoms with Gasteiger partial charge in [-0.25, -0.2) is 8.42 Å². The second-order valence-corrected chi connectivity index (χ2v) is 7.99. The predicted molar refractivity (Wildman–Crippen MR) is 78.3 cm³/mol. The van der Waals surface area contributed by atoms with Gasteiger partial charge in [0.1, 0.15) is 0 Å².